The van der Waals surface area contributed by atoms with Gasteiger partial charge >= 0.3 is 0 Å². The minimum Gasteiger partial charge on any atom is -0.396 e. The average molecular weight is 187 g/mol. The lowest BCUT2D eigenvalue weighted by atomic mass is 10.0. The summed E-state index contributed by atoms with van der Waals surface area (Å²) in [5.74, 6) is 0. The maximum absolute atomic E-state index is 8.84. The zero-order chi connectivity index (χ0) is 10.4. The number of hydrogen-bond acceptors (Lipinski definition) is 2. The molecule has 2 heteroatoms. The Hall–Kier alpha value is -1.59. The molecule has 1 aromatic carbocycles. The standard InChI is InChI=1S/C12H13NO/c1-2-11(7-8-14)12-5-3-10(9-13)4-6-12/h2-6,14H,7-8H2,1H3/b11-2+. The Morgan fingerprint density at radius 1 is 1.43 bits per heavy atom. The van der Waals surface area contributed by atoms with Crippen LogP contribution in [-0.2, 0) is 0 Å². The second-order valence-corrected chi connectivity index (χ2v) is 2.98. The fourth-order valence-electron chi connectivity index (χ4n) is 1.33. The summed E-state index contributed by atoms with van der Waals surface area (Å²) in [7, 11) is 0. The molecule has 0 aromatic heterocycles. The first-order valence-electron chi connectivity index (χ1n) is 4.58. The predicted octanol–water partition coefficient (Wildman–Crippen LogP) is 2.34. The van der Waals surface area contributed by atoms with Crippen molar-refractivity contribution >= 4 is 5.57 Å². The van der Waals surface area contributed by atoms with Crippen molar-refractivity contribution in [1.29, 1.82) is 5.26 Å². The van der Waals surface area contributed by atoms with Crippen molar-refractivity contribution < 1.29 is 5.11 Å². The van der Waals surface area contributed by atoms with E-state index in [9.17, 15) is 0 Å². The summed E-state index contributed by atoms with van der Waals surface area (Å²) in [6, 6.07) is 9.46. The minimum atomic E-state index is 0.152. The van der Waals surface area contributed by atoms with Crippen molar-refractivity contribution in [2.45, 2.75) is 13.3 Å². The Morgan fingerprint density at radius 2 is 2.07 bits per heavy atom. The van der Waals surface area contributed by atoms with Crippen LogP contribution in [-0.4, -0.2) is 11.7 Å². The van der Waals surface area contributed by atoms with Crippen LogP contribution in [0.3, 0.4) is 0 Å². The van der Waals surface area contributed by atoms with Gasteiger partial charge in [-0.2, -0.15) is 5.26 Å². The van der Waals surface area contributed by atoms with Gasteiger partial charge < -0.3 is 5.11 Å². The average Bonchev–Trinajstić information content (AvgIpc) is 2.26. The Balaban J connectivity index is 2.91. The van der Waals surface area contributed by atoms with Crippen molar-refractivity contribution in [3.8, 4) is 6.07 Å². The Bertz CT molecular complexity index is 357. The molecule has 14 heavy (non-hydrogen) atoms. The summed E-state index contributed by atoms with van der Waals surface area (Å²) >= 11 is 0. The van der Waals surface area contributed by atoms with Crippen LogP contribution in [0.15, 0.2) is 30.3 Å². The number of allylic oxidation sites excluding steroid dienone is 1. The summed E-state index contributed by atoms with van der Waals surface area (Å²) in [4.78, 5) is 0. The van der Waals surface area contributed by atoms with E-state index in [1.165, 1.54) is 0 Å². The van der Waals surface area contributed by atoms with E-state index in [1.807, 2.05) is 25.1 Å². The number of benzene rings is 1. The van der Waals surface area contributed by atoms with Gasteiger partial charge in [-0.05, 0) is 36.6 Å². The summed E-state index contributed by atoms with van der Waals surface area (Å²) < 4.78 is 0. The van der Waals surface area contributed by atoms with Crippen LogP contribution < -0.4 is 0 Å². The van der Waals surface area contributed by atoms with Crippen molar-refractivity contribution in [2.24, 2.45) is 0 Å². The maximum atomic E-state index is 8.84. The van der Waals surface area contributed by atoms with Gasteiger partial charge in [-0.25, -0.2) is 0 Å². The van der Waals surface area contributed by atoms with E-state index in [0.717, 1.165) is 11.1 Å². The van der Waals surface area contributed by atoms with E-state index in [1.54, 1.807) is 12.1 Å². The van der Waals surface area contributed by atoms with Crippen molar-refractivity contribution in [3.63, 3.8) is 0 Å². The molecule has 0 heterocycles. The zero-order valence-corrected chi connectivity index (χ0v) is 8.20. The lowest BCUT2D eigenvalue weighted by Crippen LogP contribution is -1.89. The first-order valence-corrected chi connectivity index (χ1v) is 4.58. The quantitative estimate of drug-likeness (QED) is 0.789. The van der Waals surface area contributed by atoms with Gasteiger partial charge in [0, 0.05) is 6.61 Å². The van der Waals surface area contributed by atoms with Gasteiger partial charge in [0.15, 0.2) is 0 Å². The van der Waals surface area contributed by atoms with Crippen LogP contribution in [0.2, 0.25) is 0 Å². The molecule has 0 aliphatic carbocycles. The highest BCUT2D eigenvalue weighted by atomic mass is 16.2. The Kier molecular flexibility index (Phi) is 3.90. The van der Waals surface area contributed by atoms with Crippen LogP contribution in [0, 0.1) is 11.3 Å². The maximum Gasteiger partial charge on any atom is 0.0991 e. The molecule has 2 nitrogen and oxygen atoms in total. The molecule has 0 fully saturated rings. The molecule has 0 unspecified atom stereocenters. The molecule has 1 rings (SSSR count). The van der Waals surface area contributed by atoms with E-state index >= 15 is 0 Å². The van der Waals surface area contributed by atoms with Crippen LogP contribution >= 0.6 is 0 Å². The number of nitriles is 1. The number of rotatable bonds is 3. The van der Waals surface area contributed by atoms with Crippen molar-refractivity contribution in [3.05, 3.63) is 41.5 Å². The summed E-state index contributed by atoms with van der Waals surface area (Å²) in [6.07, 6.45) is 2.64. The largest absolute Gasteiger partial charge is 0.396 e. The Labute approximate surface area is 84.1 Å². The summed E-state index contributed by atoms with van der Waals surface area (Å²) in [5, 5.41) is 17.5. The van der Waals surface area contributed by atoms with Gasteiger partial charge in [-0.3, -0.25) is 0 Å². The molecule has 0 atom stereocenters. The first kappa shape index (κ1) is 10.5. The lowest BCUT2D eigenvalue weighted by molar-refractivity contribution is 0.305. The second-order valence-electron chi connectivity index (χ2n) is 2.98. The molecule has 0 saturated heterocycles. The first-order chi connectivity index (χ1) is 6.81. The third-order valence-electron chi connectivity index (χ3n) is 2.11. The third kappa shape index (κ3) is 2.45. The highest BCUT2D eigenvalue weighted by Gasteiger charge is 1.99. The third-order valence-corrected chi connectivity index (χ3v) is 2.11. The van der Waals surface area contributed by atoms with Crippen LogP contribution in [0.4, 0.5) is 0 Å². The molecule has 72 valence electrons. The topological polar surface area (TPSA) is 44.0 Å². The van der Waals surface area contributed by atoms with Crippen molar-refractivity contribution in [1.82, 2.24) is 0 Å². The van der Waals surface area contributed by atoms with E-state index < -0.39 is 0 Å². The van der Waals surface area contributed by atoms with E-state index in [4.69, 9.17) is 10.4 Å². The summed E-state index contributed by atoms with van der Waals surface area (Å²) in [5.41, 5.74) is 2.84. The fraction of sp³-hybridized carbons (Fsp3) is 0.250. The van der Waals surface area contributed by atoms with Gasteiger partial charge in [0.25, 0.3) is 0 Å². The fourth-order valence-corrected chi connectivity index (χ4v) is 1.33. The molecule has 0 aliphatic rings. The molecule has 1 aromatic rings. The number of aliphatic hydroxyl groups is 1. The minimum absolute atomic E-state index is 0.152. The molecule has 0 bridgehead atoms. The molecule has 0 spiro atoms. The molecular weight excluding hydrogens is 174 g/mol. The van der Waals surface area contributed by atoms with Gasteiger partial charge in [0.05, 0.1) is 11.6 Å². The summed E-state index contributed by atoms with van der Waals surface area (Å²) in [6.45, 7) is 2.10. The number of aliphatic hydroxyl groups excluding tert-OH is 1. The van der Waals surface area contributed by atoms with Crippen molar-refractivity contribution in [2.75, 3.05) is 6.61 Å². The second kappa shape index (κ2) is 5.21. The molecular formula is C12H13NO. The van der Waals surface area contributed by atoms with Gasteiger partial charge in [-0.1, -0.05) is 18.2 Å². The predicted molar refractivity (Wildman–Crippen MR) is 56.5 cm³/mol. The smallest absolute Gasteiger partial charge is 0.0991 e. The van der Waals surface area contributed by atoms with Gasteiger partial charge in [0.1, 0.15) is 0 Å². The molecule has 0 amide bonds. The molecule has 0 aliphatic heterocycles. The molecule has 0 saturated carbocycles. The van der Waals surface area contributed by atoms with Crippen LogP contribution in [0.5, 0.6) is 0 Å². The lowest BCUT2D eigenvalue weighted by Gasteiger charge is -2.04. The molecule has 1 N–H and O–H groups in total. The van der Waals surface area contributed by atoms with E-state index in [0.29, 0.717) is 12.0 Å². The Morgan fingerprint density at radius 3 is 2.50 bits per heavy atom. The highest BCUT2D eigenvalue weighted by Crippen LogP contribution is 2.17. The highest BCUT2D eigenvalue weighted by molar-refractivity contribution is 5.65. The van der Waals surface area contributed by atoms with Gasteiger partial charge in [-0.15, -0.1) is 0 Å². The normalized spacial score (nSPS) is 11.1. The zero-order valence-electron chi connectivity index (χ0n) is 8.20. The van der Waals surface area contributed by atoms with E-state index in [-0.39, 0.29) is 6.61 Å². The monoisotopic (exact) mass is 187 g/mol. The number of nitrogens with zero attached hydrogens (tertiary/aromatic N) is 1. The van der Waals surface area contributed by atoms with Crippen LogP contribution in [0.25, 0.3) is 5.57 Å². The van der Waals surface area contributed by atoms with Crippen LogP contribution in [0.1, 0.15) is 24.5 Å². The van der Waals surface area contributed by atoms with E-state index in [2.05, 4.69) is 6.07 Å². The SMILES string of the molecule is C/C=C(\CCO)c1ccc(C#N)cc1. The molecule has 0 radical (unpaired) electrons. The number of hydrogen-bond donors (Lipinski definition) is 1. The van der Waals surface area contributed by atoms with Gasteiger partial charge in [0.2, 0.25) is 0 Å².